The van der Waals surface area contributed by atoms with Gasteiger partial charge in [0, 0.05) is 16.3 Å². The van der Waals surface area contributed by atoms with Crippen LogP contribution in [0, 0.1) is 0 Å². The average molecular weight is 221 g/mol. The lowest BCUT2D eigenvalue weighted by Crippen LogP contribution is -2.28. The molecule has 0 spiro atoms. The molecule has 1 nitrogen and oxygen atoms in total. The highest BCUT2D eigenvalue weighted by Gasteiger charge is 2.22. The number of hydrogen-bond acceptors (Lipinski definition) is 3. The first-order valence-electron chi connectivity index (χ1n) is 4.78. The van der Waals surface area contributed by atoms with Gasteiger partial charge in [-0.05, 0) is 34.9 Å². The molecule has 1 atom stereocenters. The minimum atomic E-state index is 0.449. The van der Waals surface area contributed by atoms with E-state index in [2.05, 4.69) is 34.3 Å². The second kappa shape index (κ2) is 3.50. The summed E-state index contributed by atoms with van der Waals surface area (Å²) in [5, 5.41) is 7.94. The number of hydrogen-bond donors (Lipinski definition) is 1. The molecule has 2 aromatic rings. The van der Waals surface area contributed by atoms with Gasteiger partial charge in [-0.3, -0.25) is 0 Å². The van der Waals surface area contributed by atoms with Gasteiger partial charge >= 0.3 is 0 Å². The molecule has 0 amide bonds. The van der Waals surface area contributed by atoms with Gasteiger partial charge in [-0.15, -0.1) is 22.7 Å². The topological polar surface area (TPSA) is 12.0 Å². The molecule has 0 unspecified atom stereocenters. The van der Waals surface area contributed by atoms with Gasteiger partial charge in [0.1, 0.15) is 0 Å². The van der Waals surface area contributed by atoms with Crippen molar-refractivity contribution in [2.24, 2.45) is 0 Å². The molecule has 3 heterocycles. The Bertz CT molecular complexity index is 416. The minimum absolute atomic E-state index is 0.449. The van der Waals surface area contributed by atoms with E-state index in [1.54, 1.807) is 4.88 Å². The van der Waals surface area contributed by atoms with E-state index in [9.17, 15) is 0 Å². The van der Waals surface area contributed by atoms with Crippen molar-refractivity contribution >= 4 is 22.7 Å². The third-order valence-electron chi connectivity index (χ3n) is 2.62. The Morgan fingerprint density at radius 1 is 1.21 bits per heavy atom. The van der Waals surface area contributed by atoms with E-state index in [1.165, 1.54) is 16.9 Å². The van der Waals surface area contributed by atoms with Crippen molar-refractivity contribution in [3.05, 3.63) is 44.3 Å². The van der Waals surface area contributed by atoms with Crippen LogP contribution < -0.4 is 5.32 Å². The zero-order valence-corrected chi connectivity index (χ0v) is 9.33. The van der Waals surface area contributed by atoms with Crippen LogP contribution in [-0.4, -0.2) is 6.54 Å². The maximum Gasteiger partial charge on any atom is 0.0682 e. The second-order valence-corrected chi connectivity index (χ2v) is 5.43. The fourth-order valence-corrected chi connectivity index (χ4v) is 3.70. The normalized spacial score (nSPS) is 20.7. The molecule has 0 saturated carbocycles. The molecule has 1 aliphatic heterocycles. The highest BCUT2D eigenvalue weighted by Crippen LogP contribution is 2.33. The molecule has 0 fully saturated rings. The molecule has 72 valence electrons. The van der Waals surface area contributed by atoms with Gasteiger partial charge in [0.05, 0.1) is 6.04 Å². The van der Waals surface area contributed by atoms with Crippen molar-refractivity contribution in [2.45, 2.75) is 12.5 Å². The smallest absolute Gasteiger partial charge is 0.0682 e. The Kier molecular flexibility index (Phi) is 2.16. The minimum Gasteiger partial charge on any atom is -0.305 e. The molecule has 3 heteroatoms. The largest absolute Gasteiger partial charge is 0.305 e. The van der Waals surface area contributed by atoms with Crippen LogP contribution in [0.5, 0.6) is 0 Å². The van der Waals surface area contributed by atoms with Crippen molar-refractivity contribution in [2.75, 3.05) is 6.54 Å². The molecule has 2 aromatic heterocycles. The van der Waals surface area contributed by atoms with E-state index in [0.717, 1.165) is 6.54 Å². The molecule has 0 saturated heterocycles. The summed E-state index contributed by atoms with van der Waals surface area (Å²) in [5.74, 6) is 0. The lowest BCUT2D eigenvalue weighted by Gasteiger charge is -2.23. The van der Waals surface area contributed by atoms with Crippen LogP contribution in [0.25, 0.3) is 0 Å². The van der Waals surface area contributed by atoms with Crippen molar-refractivity contribution in [3.63, 3.8) is 0 Å². The van der Waals surface area contributed by atoms with Gasteiger partial charge in [-0.2, -0.15) is 0 Å². The van der Waals surface area contributed by atoms with E-state index >= 15 is 0 Å². The lowest BCUT2D eigenvalue weighted by molar-refractivity contribution is 0.582. The quantitative estimate of drug-likeness (QED) is 0.780. The third-order valence-corrected chi connectivity index (χ3v) is 4.55. The Morgan fingerprint density at radius 3 is 3.07 bits per heavy atom. The van der Waals surface area contributed by atoms with Crippen LogP contribution in [0.4, 0.5) is 0 Å². The van der Waals surface area contributed by atoms with Crippen LogP contribution in [0.15, 0.2) is 29.0 Å². The lowest BCUT2D eigenvalue weighted by atomic mass is 10.0. The van der Waals surface area contributed by atoms with E-state index in [0.29, 0.717) is 6.04 Å². The van der Waals surface area contributed by atoms with Gasteiger partial charge in [-0.1, -0.05) is 6.07 Å². The summed E-state index contributed by atoms with van der Waals surface area (Å²) < 4.78 is 0. The molecule has 14 heavy (non-hydrogen) atoms. The molecular weight excluding hydrogens is 210 g/mol. The molecule has 0 bridgehead atoms. The third kappa shape index (κ3) is 1.32. The van der Waals surface area contributed by atoms with Gasteiger partial charge < -0.3 is 5.32 Å². The zero-order chi connectivity index (χ0) is 9.38. The SMILES string of the molecule is c1csc([C@@H]2NCCc3sccc32)c1. The maximum absolute atomic E-state index is 3.58. The van der Waals surface area contributed by atoms with Crippen LogP contribution in [0.2, 0.25) is 0 Å². The molecular formula is C11H11NS2. The molecule has 0 aliphatic carbocycles. The predicted octanol–water partition coefficient (Wildman–Crippen LogP) is 3.04. The van der Waals surface area contributed by atoms with Crippen molar-refractivity contribution in [3.8, 4) is 0 Å². The molecule has 0 radical (unpaired) electrons. The van der Waals surface area contributed by atoms with Gasteiger partial charge in [0.25, 0.3) is 0 Å². The number of nitrogens with one attached hydrogen (secondary N) is 1. The fourth-order valence-electron chi connectivity index (χ4n) is 1.96. The van der Waals surface area contributed by atoms with Gasteiger partial charge in [0.2, 0.25) is 0 Å². The highest BCUT2D eigenvalue weighted by atomic mass is 32.1. The summed E-state index contributed by atoms with van der Waals surface area (Å²) in [5.41, 5.74) is 1.49. The summed E-state index contributed by atoms with van der Waals surface area (Å²) >= 11 is 3.73. The van der Waals surface area contributed by atoms with E-state index in [4.69, 9.17) is 0 Å². The number of rotatable bonds is 1. The van der Waals surface area contributed by atoms with E-state index in [-0.39, 0.29) is 0 Å². The van der Waals surface area contributed by atoms with E-state index < -0.39 is 0 Å². The van der Waals surface area contributed by atoms with Crippen LogP contribution in [-0.2, 0) is 6.42 Å². The van der Waals surface area contributed by atoms with Crippen LogP contribution in [0.1, 0.15) is 21.4 Å². The highest BCUT2D eigenvalue weighted by molar-refractivity contribution is 7.10. The summed E-state index contributed by atoms with van der Waals surface area (Å²) in [6, 6.07) is 7.05. The first kappa shape index (κ1) is 8.65. The summed E-state index contributed by atoms with van der Waals surface area (Å²) in [4.78, 5) is 2.99. The maximum atomic E-state index is 3.58. The van der Waals surface area contributed by atoms with E-state index in [1.807, 2.05) is 22.7 Å². The molecule has 3 rings (SSSR count). The number of fused-ring (bicyclic) bond motifs is 1. The van der Waals surface area contributed by atoms with Crippen molar-refractivity contribution in [1.82, 2.24) is 5.32 Å². The first-order chi connectivity index (χ1) is 6.95. The molecule has 1 N–H and O–H groups in total. The van der Waals surface area contributed by atoms with Crippen molar-refractivity contribution < 1.29 is 0 Å². The molecule has 1 aliphatic rings. The Labute approximate surface area is 91.4 Å². The monoisotopic (exact) mass is 221 g/mol. The average Bonchev–Trinajstić information content (AvgIpc) is 2.88. The fraction of sp³-hybridized carbons (Fsp3) is 0.273. The predicted molar refractivity (Wildman–Crippen MR) is 62.2 cm³/mol. The zero-order valence-electron chi connectivity index (χ0n) is 7.69. The molecule has 0 aromatic carbocycles. The van der Waals surface area contributed by atoms with Gasteiger partial charge in [-0.25, -0.2) is 0 Å². The Hall–Kier alpha value is -0.640. The summed E-state index contributed by atoms with van der Waals surface area (Å²) in [6.45, 7) is 1.11. The van der Waals surface area contributed by atoms with Crippen molar-refractivity contribution in [1.29, 1.82) is 0 Å². The Balaban J connectivity index is 2.04. The second-order valence-electron chi connectivity index (χ2n) is 3.45. The first-order valence-corrected chi connectivity index (χ1v) is 6.54. The van der Waals surface area contributed by atoms with Gasteiger partial charge in [0.15, 0.2) is 0 Å². The van der Waals surface area contributed by atoms with Crippen LogP contribution in [0.3, 0.4) is 0 Å². The number of thiophene rings is 2. The Morgan fingerprint density at radius 2 is 2.21 bits per heavy atom. The standard InChI is InChI=1S/C11H11NS2/c1-2-10(13-6-1)11-8-4-7-14-9(8)3-5-12-11/h1-2,4,6-7,11-12H,3,5H2/t11-/m1/s1. The van der Waals surface area contributed by atoms with Crippen LogP contribution >= 0.6 is 22.7 Å². The summed E-state index contributed by atoms with van der Waals surface area (Å²) in [6.07, 6.45) is 1.19. The summed E-state index contributed by atoms with van der Waals surface area (Å²) in [7, 11) is 0.